The predicted molar refractivity (Wildman–Crippen MR) is 151 cm³/mol. The second-order valence-corrected chi connectivity index (χ2v) is 10.3. The summed E-state index contributed by atoms with van der Waals surface area (Å²) in [6, 6.07) is 21.5. The van der Waals surface area contributed by atoms with Gasteiger partial charge in [-0.3, -0.25) is 0 Å². The van der Waals surface area contributed by atoms with Gasteiger partial charge in [-0.15, -0.1) is 0 Å². The average molecular weight is 483 g/mol. The van der Waals surface area contributed by atoms with Crippen molar-refractivity contribution >= 4 is 23.6 Å². The Hall–Kier alpha value is -2.86. The Morgan fingerprint density at radius 2 is 1.50 bits per heavy atom. The summed E-state index contributed by atoms with van der Waals surface area (Å²) in [5.41, 5.74) is 9.00. The van der Waals surface area contributed by atoms with Gasteiger partial charge in [0, 0.05) is 24.4 Å². The highest BCUT2D eigenvalue weighted by atomic mass is 16.4. The summed E-state index contributed by atoms with van der Waals surface area (Å²) < 4.78 is 6.07. The van der Waals surface area contributed by atoms with Gasteiger partial charge in [-0.2, -0.15) is 0 Å². The highest BCUT2D eigenvalue weighted by molar-refractivity contribution is 6.58. The van der Waals surface area contributed by atoms with Gasteiger partial charge in [-0.1, -0.05) is 42.5 Å². The van der Waals surface area contributed by atoms with Crippen LogP contribution >= 0.6 is 0 Å². The number of hydrogen-bond donors (Lipinski definition) is 2. The van der Waals surface area contributed by atoms with Crippen LogP contribution in [-0.2, 0) is 6.42 Å². The van der Waals surface area contributed by atoms with Crippen molar-refractivity contribution < 1.29 is 14.5 Å². The summed E-state index contributed by atoms with van der Waals surface area (Å²) >= 11 is 0. The van der Waals surface area contributed by atoms with Crippen molar-refractivity contribution in [1.29, 1.82) is 0 Å². The van der Waals surface area contributed by atoms with E-state index in [1.54, 1.807) is 12.1 Å². The number of fused-ring (bicyclic) bond motifs is 1. The van der Waals surface area contributed by atoms with E-state index in [1.165, 1.54) is 47.0 Å². The lowest BCUT2D eigenvalue weighted by Gasteiger charge is -2.19. The third-order valence-electron chi connectivity index (χ3n) is 7.57. The molecule has 0 radical (unpaired) electrons. The Morgan fingerprint density at radius 1 is 0.833 bits per heavy atom. The van der Waals surface area contributed by atoms with E-state index < -0.39 is 7.12 Å². The number of benzene rings is 3. The molecule has 4 nitrogen and oxygen atoms in total. The zero-order chi connectivity index (χ0) is 25.8. The van der Waals surface area contributed by atoms with Crippen LogP contribution in [0.25, 0.3) is 22.1 Å². The minimum Gasteiger partial charge on any atom is -0.461 e. The van der Waals surface area contributed by atoms with Gasteiger partial charge in [-0.05, 0) is 111 Å². The summed E-state index contributed by atoms with van der Waals surface area (Å²) in [6.07, 6.45) is 3.66. The van der Waals surface area contributed by atoms with E-state index >= 15 is 0 Å². The number of likely N-dealkylation sites (tertiary alicyclic amines) is 1. The lowest BCUT2D eigenvalue weighted by molar-refractivity contribution is 0.266. The van der Waals surface area contributed by atoms with E-state index in [4.69, 9.17) is 14.5 Å². The van der Waals surface area contributed by atoms with Crippen LogP contribution in [-0.4, -0.2) is 41.2 Å². The van der Waals surface area contributed by atoms with Crippen molar-refractivity contribution in [1.82, 2.24) is 4.90 Å². The third-order valence-corrected chi connectivity index (χ3v) is 7.57. The van der Waals surface area contributed by atoms with Crippen molar-refractivity contribution in [2.75, 3.05) is 13.1 Å². The molecule has 0 saturated carbocycles. The van der Waals surface area contributed by atoms with Crippen molar-refractivity contribution in [3.8, 4) is 11.1 Å². The highest BCUT2D eigenvalue weighted by Gasteiger charge is 2.20. The van der Waals surface area contributed by atoms with Crippen molar-refractivity contribution in [2.24, 2.45) is 0 Å². The van der Waals surface area contributed by atoms with Crippen LogP contribution in [0.2, 0.25) is 0 Å². The second kappa shape index (κ2) is 11.5. The lowest BCUT2D eigenvalue weighted by atomic mass is 9.79. The number of aryl methyl sites for hydroxylation is 4. The number of hydrogen-bond acceptors (Lipinski definition) is 4. The Kier molecular flexibility index (Phi) is 8.35. The normalized spacial score (nSPS) is 15.7. The Balaban J connectivity index is 0.000000233. The highest BCUT2D eigenvalue weighted by Crippen LogP contribution is 2.28. The fraction of sp³-hybridized carbons (Fsp3) is 0.355. The standard InChI is InChI=1S/C23H27NO.C8H11BO2/c1-16-6-7-19(13-17(16)2)20-8-9-23-21(14-20)15-22(25-23)10-12-24-11-4-5-18(24)3;1-6-3-4-8(9(10)11)5-7(6)2/h6-9,13-15,18H,4-5,10-12H2,1-3H3;3-5,10-11H,1-2H3/t18-;/m1./s1. The smallest absolute Gasteiger partial charge is 0.461 e. The van der Waals surface area contributed by atoms with Crippen LogP contribution in [0.4, 0.5) is 0 Å². The van der Waals surface area contributed by atoms with Crippen LogP contribution in [0.15, 0.2) is 65.1 Å². The fourth-order valence-corrected chi connectivity index (χ4v) is 4.83. The maximum absolute atomic E-state index is 8.79. The quantitative estimate of drug-likeness (QED) is 0.356. The topological polar surface area (TPSA) is 56.8 Å². The van der Waals surface area contributed by atoms with E-state index in [2.05, 4.69) is 68.1 Å². The fourth-order valence-electron chi connectivity index (χ4n) is 4.83. The zero-order valence-corrected chi connectivity index (χ0v) is 22.2. The molecule has 188 valence electrons. The Labute approximate surface area is 215 Å². The number of rotatable bonds is 5. The van der Waals surface area contributed by atoms with Crippen molar-refractivity contribution in [3.63, 3.8) is 0 Å². The molecule has 1 aliphatic rings. The Bertz CT molecular complexity index is 1330. The maximum Gasteiger partial charge on any atom is 0.488 e. The summed E-state index contributed by atoms with van der Waals surface area (Å²) in [5.74, 6) is 1.10. The molecule has 0 amide bonds. The van der Waals surface area contributed by atoms with Crippen molar-refractivity contribution in [2.45, 2.75) is 59.9 Å². The largest absolute Gasteiger partial charge is 0.488 e. The zero-order valence-electron chi connectivity index (χ0n) is 22.2. The minimum absolute atomic E-state index is 0.549. The molecule has 5 rings (SSSR count). The van der Waals surface area contributed by atoms with Gasteiger partial charge in [0.2, 0.25) is 0 Å². The molecular weight excluding hydrogens is 445 g/mol. The van der Waals surface area contributed by atoms with Gasteiger partial charge in [-0.25, -0.2) is 0 Å². The first kappa shape index (κ1) is 26.2. The average Bonchev–Trinajstić information content (AvgIpc) is 3.46. The number of furan rings is 1. The first-order valence-corrected chi connectivity index (χ1v) is 13.0. The molecular formula is C31H38BNO3. The molecule has 0 aliphatic carbocycles. The van der Waals surface area contributed by atoms with E-state index in [1.807, 2.05) is 19.9 Å². The Morgan fingerprint density at radius 3 is 2.14 bits per heavy atom. The molecule has 4 aromatic rings. The molecule has 1 saturated heterocycles. The molecule has 0 spiro atoms. The molecule has 2 N–H and O–H groups in total. The monoisotopic (exact) mass is 483 g/mol. The molecule has 1 aliphatic heterocycles. The molecule has 3 aromatic carbocycles. The molecule has 0 bridgehead atoms. The van der Waals surface area contributed by atoms with Crippen LogP contribution in [0.3, 0.4) is 0 Å². The summed E-state index contributed by atoms with van der Waals surface area (Å²) in [7, 11) is -1.35. The van der Waals surface area contributed by atoms with E-state index in [-0.39, 0.29) is 0 Å². The van der Waals surface area contributed by atoms with Crippen LogP contribution in [0.5, 0.6) is 0 Å². The molecule has 1 fully saturated rings. The van der Waals surface area contributed by atoms with Crippen LogP contribution in [0.1, 0.15) is 47.8 Å². The predicted octanol–water partition coefficient (Wildman–Crippen LogP) is 5.73. The molecule has 36 heavy (non-hydrogen) atoms. The third kappa shape index (κ3) is 6.28. The number of nitrogens with zero attached hydrogens (tertiary/aromatic N) is 1. The maximum atomic E-state index is 8.79. The summed E-state index contributed by atoms with van der Waals surface area (Å²) in [5, 5.41) is 18.8. The molecule has 0 unspecified atom stereocenters. The lowest BCUT2D eigenvalue weighted by Crippen LogP contribution is -2.29. The van der Waals surface area contributed by atoms with E-state index in [9.17, 15) is 0 Å². The minimum atomic E-state index is -1.35. The first-order chi connectivity index (χ1) is 17.2. The van der Waals surface area contributed by atoms with Crippen molar-refractivity contribution in [3.05, 3.63) is 88.7 Å². The van der Waals surface area contributed by atoms with Gasteiger partial charge in [0.1, 0.15) is 11.3 Å². The molecule has 5 heteroatoms. The first-order valence-electron chi connectivity index (χ1n) is 13.0. The van der Waals surface area contributed by atoms with Gasteiger partial charge >= 0.3 is 7.12 Å². The summed E-state index contributed by atoms with van der Waals surface area (Å²) in [6.45, 7) is 12.9. The second-order valence-electron chi connectivity index (χ2n) is 10.3. The SMILES string of the molecule is Cc1ccc(-c2ccc3oc(CCN4CCC[C@H]4C)cc3c2)cc1C.Cc1ccc(B(O)O)cc1C. The van der Waals surface area contributed by atoms with Crippen LogP contribution in [0, 0.1) is 27.7 Å². The van der Waals surface area contributed by atoms with E-state index in [0.717, 1.165) is 41.5 Å². The van der Waals surface area contributed by atoms with Crippen LogP contribution < -0.4 is 5.46 Å². The van der Waals surface area contributed by atoms with Gasteiger partial charge in [0.15, 0.2) is 0 Å². The van der Waals surface area contributed by atoms with Gasteiger partial charge < -0.3 is 19.4 Å². The molecule has 2 heterocycles. The summed E-state index contributed by atoms with van der Waals surface area (Å²) in [4.78, 5) is 2.58. The van der Waals surface area contributed by atoms with E-state index in [0.29, 0.717) is 5.46 Å². The molecule has 1 aromatic heterocycles. The van der Waals surface area contributed by atoms with Gasteiger partial charge in [0.25, 0.3) is 0 Å². The van der Waals surface area contributed by atoms with Gasteiger partial charge in [0.05, 0.1) is 0 Å². The molecule has 1 atom stereocenters.